The number of rotatable bonds is 5. The minimum atomic E-state index is 0.0390. The van der Waals surface area contributed by atoms with Crippen LogP contribution in [0.3, 0.4) is 0 Å². The molecule has 2 N–H and O–H groups in total. The van der Waals surface area contributed by atoms with E-state index in [0.29, 0.717) is 5.75 Å². The Hall–Kier alpha value is -1.26. The van der Waals surface area contributed by atoms with Crippen LogP contribution in [-0.4, -0.2) is 29.4 Å². The summed E-state index contributed by atoms with van der Waals surface area (Å²) < 4.78 is 0. The van der Waals surface area contributed by atoms with Crippen molar-refractivity contribution >= 4 is 17.7 Å². The molecule has 1 amide bonds. The van der Waals surface area contributed by atoms with Crippen molar-refractivity contribution in [2.45, 2.75) is 17.4 Å². The summed E-state index contributed by atoms with van der Waals surface area (Å²) in [5.74, 6) is 0.659. The van der Waals surface area contributed by atoms with Crippen LogP contribution >= 0.6 is 11.8 Å². The summed E-state index contributed by atoms with van der Waals surface area (Å²) in [5.41, 5.74) is 0. The van der Waals surface area contributed by atoms with Gasteiger partial charge in [-0.15, -0.1) is 11.8 Å². The summed E-state index contributed by atoms with van der Waals surface area (Å²) in [6, 6.07) is 9.95. The lowest BCUT2D eigenvalue weighted by Crippen LogP contribution is -2.34. The molecular formula is C14H17NO2S. The Morgan fingerprint density at radius 1 is 1.33 bits per heavy atom. The Bertz CT molecular complexity index is 419. The van der Waals surface area contributed by atoms with Crippen molar-refractivity contribution in [1.29, 1.82) is 0 Å². The SMILES string of the molecule is O=C(CSc1ccccc1)N[C@@H]1C=C[C@H](CO)C1. The predicted octanol–water partition coefficient (Wildman–Crippen LogP) is 1.83. The lowest BCUT2D eigenvalue weighted by atomic mass is 10.1. The Kier molecular flexibility index (Phi) is 4.84. The molecule has 0 bridgehead atoms. The molecule has 2 rings (SSSR count). The van der Waals surface area contributed by atoms with Crippen molar-refractivity contribution in [3.05, 3.63) is 42.5 Å². The van der Waals surface area contributed by atoms with Gasteiger partial charge >= 0.3 is 0 Å². The third-order valence-corrected chi connectivity index (χ3v) is 3.88. The van der Waals surface area contributed by atoms with Crippen molar-refractivity contribution in [2.75, 3.05) is 12.4 Å². The lowest BCUT2D eigenvalue weighted by Gasteiger charge is -2.12. The largest absolute Gasteiger partial charge is 0.396 e. The Balaban J connectivity index is 1.72. The van der Waals surface area contributed by atoms with Crippen molar-refractivity contribution < 1.29 is 9.90 Å². The summed E-state index contributed by atoms with van der Waals surface area (Å²) in [7, 11) is 0. The molecule has 0 spiro atoms. The molecule has 3 nitrogen and oxygen atoms in total. The average Bonchev–Trinajstić information content (AvgIpc) is 2.85. The number of amides is 1. The van der Waals surface area contributed by atoms with Crippen LogP contribution < -0.4 is 5.32 Å². The first-order valence-electron chi connectivity index (χ1n) is 6.04. The fraction of sp³-hybridized carbons (Fsp3) is 0.357. The van der Waals surface area contributed by atoms with E-state index in [2.05, 4.69) is 5.32 Å². The topological polar surface area (TPSA) is 49.3 Å². The maximum absolute atomic E-state index is 11.7. The van der Waals surface area contributed by atoms with Gasteiger partial charge in [0.2, 0.25) is 5.91 Å². The van der Waals surface area contributed by atoms with Gasteiger partial charge in [0.05, 0.1) is 5.75 Å². The van der Waals surface area contributed by atoms with Gasteiger partial charge < -0.3 is 10.4 Å². The van der Waals surface area contributed by atoms with E-state index in [0.717, 1.165) is 11.3 Å². The molecule has 18 heavy (non-hydrogen) atoms. The molecule has 1 aromatic carbocycles. The van der Waals surface area contributed by atoms with E-state index in [1.54, 1.807) is 0 Å². The number of aliphatic hydroxyl groups is 1. The first kappa shape index (κ1) is 13.2. The zero-order chi connectivity index (χ0) is 12.8. The highest BCUT2D eigenvalue weighted by Crippen LogP contribution is 2.19. The summed E-state index contributed by atoms with van der Waals surface area (Å²) in [5, 5.41) is 12.0. The number of carbonyl (C=O) groups excluding carboxylic acids is 1. The number of hydrogen-bond donors (Lipinski definition) is 2. The zero-order valence-corrected chi connectivity index (χ0v) is 10.9. The summed E-state index contributed by atoms with van der Waals surface area (Å²) in [4.78, 5) is 12.8. The van der Waals surface area contributed by atoms with Gasteiger partial charge in [-0.2, -0.15) is 0 Å². The normalized spacial score (nSPS) is 22.1. The Morgan fingerprint density at radius 3 is 2.78 bits per heavy atom. The molecule has 0 fully saturated rings. The molecule has 0 aromatic heterocycles. The van der Waals surface area contributed by atoms with Crippen molar-refractivity contribution in [2.24, 2.45) is 5.92 Å². The number of nitrogens with one attached hydrogen (secondary N) is 1. The van der Waals surface area contributed by atoms with E-state index in [4.69, 9.17) is 5.11 Å². The van der Waals surface area contributed by atoms with Gasteiger partial charge in [0.15, 0.2) is 0 Å². The molecule has 1 aromatic rings. The molecule has 0 unspecified atom stereocenters. The van der Waals surface area contributed by atoms with Crippen LogP contribution in [0.1, 0.15) is 6.42 Å². The van der Waals surface area contributed by atoms with Gasteiger partial charge in [-0.3, -0.25) is 4.79 Å². The highest BCUT2D eigenvalue weighted by molar-refractivity contribution is 8.00. The minimum Gasteiger partial charge on any atom is -0.396 e. The first-order valence-corrected chi connectivity index (χ1v) is 7.03. The Labute approximate surface area is 111 Å². The quantitative estimate of drug-likeness (QED) is 0.629. The van der Waals surface area contributed by atoms with Gasteiger partial charge in [-0.1, -0.05) is 30.4 Å². The minimum absolute atomic E-state index is 0.0390. The van der Waals surface area contributed by atoms with Crippen LogP contribution in [0.15, 0.2) is 47.4 Å². The maximum Gasteiger partial charge on any atom is 0.230 e. The molecule has 0 saturated carbocycles. The molecule has 2 atom stereocenters. The van der Waals surface area contributed by atoms with Gasteiger partial charge in [-0.25, -0.2) is 0 Å². The predicted molar refractivity (Wildman–Crippen MR) is 73.4 cm³/mol. The van der Waals surface area contributed by atoms with E-state index < -0.39 is 0 Å². The fourth-order valence-electron chi connectivity index (χ4n) is 1.93. The van der Waals surface area contributed by atoms with Crippen molar-refractivity contribution in [3.63, 3.8) is 0 Å². The molecule has 1 aliphatic rings. The van der Waals surface area contributed by atoms with Gasteiger partial charge in [0.25, 0.3) is 0 Å². The number of thioether (sulfide) groups is 1. The van der Waals surface area contributed by atoms with Gasteiger partial charge in [0.1, 0.15) is 0 Å². The van der Waals surface area contributed by atoms with E-state index in [1.807, 2.05) is 42.5 Å². The molecule has 0 saturated heterocycles. The third kappa shape index (κ3) is 3.89. The van der Waals surface area contributed by atoms with Gasteiger partial charge in [-0.05, 0) is 18.6 Å². The van der Waals surface area contributed by atoms with E-state index in [9.17, 15) is 4.79 Å². The van der Waals surface area contributed by atoms with Crippen LogP contribution in [0, 0.1) is 5.92 Å². The molecule has 96 valence electrons. The third-order valence-electron chi connectivity index (χ3n) is 2.87. The Morgan fingerprint density at radius 2 is 2.11 bits per heavy atom. The molecule has 1 aliphatic carbocycles. The van der Waals surface area contributed by atoms with Crippen molar-refractivity contribution in [3.8, 4) is 0 Å². The zero-order valence-electron chi connectivity index (χ0n) is 10.1. The average molecular weight is 263 g/mol. The van der Waals surface area contributed by atoms with Crippen LogP contribution in [-0.2, 0) is 4.79 Å². The molecule has 0 heterocycles. The van der Waals surface area contributed by atoms with Crippen LogP contribution in [0.2, 0.25) is 0 Å². The molecule has 4 heteroatoms. The smallest absolute Gasteiger partial charge is 0.230 e. The number of benzene rings is 1. The number of aliphatic hydroxyl groups excluding tert-OH is 1. The second-order valence-corrected chi connectivity index (χ2v) is 5.39. The highest BCUT2D eigenvalue weighted by atomic mass is 32.2. The fourth-order valence-corrected chi connectivity index (χ4v) is 2.66. The number of hydrogen-bond acceptors (Lipinski definition) is 3. The summed E-state index contributed by atoms with van der Waals surface area (Å²) in [6.45, 7) is 0.154. The standard InChI is InChI=1S/C14H17NO2S/c16-9-11-6-7-12(8-11)15-14(17)10-18-13-4-2-1-3-5-13/h1-7,11-12,16H,8-10H2,(H,15,17)/t11-,12+/m0/s1. The number of carbonyl (C=O) groups is 1. The lowest BCUT2D eigenvalue weighted by molar-refractivity contribution is -0.119. The van der Waals surface area contributed by atoms with E-state index in [1.165, 1.54) is 11.8 Å². The molecule has 0 radical (unpaired) electrons. The van der Waals surface area contributed by atoms with E-state index in [-0.39, 0.29) is 24.5 Å². The van der Waals surface area contributed by atoms with Crippen LogP contribution in [0.5, 0.6) is 0 Å². The second kappa shape index (κ2) is 6.61. The maximum atomic E-state index is 11.7. The van der Waals surface area contributed by atoms with Crippen LogP contribution in [0.25, 0.3) is 0 Å². The summed E-state index contributed by atoms with van der Waals surface area (Å²) >= 11 is 1.53. The monoisotopic (exact) mass is 263 g/mol. The molecule has 0 aliphatic heterocycles. The van der Waals surface area contributed by atoms with E-state index >= 15 is 0 Å². The summed E-state index contributed by atoms with van der Waals surface area (Å²) in [6.07, 6.45) is 4.74. The second-order valence-electron chi connectivity index (χ2n) is 4.34. The van der Waals surface area contributed by atoms with Gasteiger partial charge in [0, 0.05) is 23.5 Å². The first-order chi connectivity index (χ1) is 8.78. The highest BCUT2D eigenvalue weighted by Gasteiger charge is 2.19. The molecular weight excluding hydrogens is 246 g/mol. The van der Waals surface area contributed by atoms with Crippen LogP contribution in [0.4, 0.5) is 0 Å². The van der Waals surface area contributed by atoms with Crippen molar-refractivity contribution in [1.82, 2.24) is 5.32 Å².